The molecule has 0 bridgehead atoms. The molecule has 3 heterocycles. The molecule has 0 radical (unpaired) electrons. The number of aromatic nitrogens is 5. The molecule has 12 heteroatoms. The van der Waals surface area contributed by atoms with E-state index < -0.39 is 46.4 Å². The summed E-state index contributed by atoms with van der Waals surface area (Å²) in [4.78, 5) is 27.4. The van der Waals surface area contributed by atoms with Gasteiger partial charge in [0, 0.05) is 18.2 Å². The maximum absolute atomic E-state index is 12.9. The smallest absolute Gasteiger partial charge is 0.330 e. The molecule has 1 N–H and O–H groups in total. The predicted molar refractivity (Wildman–Crippen MR) is 162 cm³/mol. The topological polar surface area (TPSA) is 113 Å². The van der Waals surface area contributed by atoms with Gasteiger partial charge in [-0.15, -0.1) is 5.10 Å². The molecule has 10 nitrogen and oxygen atoms in total. The SMILES string of the molecule is Cc1cn([C@H]2C[C@H](O[Si](C)(C)C(C)(C)C)[C@@H](C(O[Si](C)(C)C(C)(C)C)n3nnc4ccccc43)O2)c(=O)[nH]c1=O. The molecule has 1 aliphatic heterocycles. The number of hydrogen-bond acceptors (Lipinski definition) is 7. The summed E-state index contributed by atoms with van der Waals surface area (Å²) in [5, 5.41) is 8.85. The minimum atomic E-state index is -2.36. The van der Waals surface area contributed by atoms with Crippen LogP contribution in [0.3, 0.4) is 0 Å². The van der Waals surface area contributed by atoms with Crippen LogP contribution in [0.15, 0.2) is 40.1 Å². The van der Waals surface area contributed by atoms with Crippen molar-refractivity contribution < 1.29 is 13.6 Å². The van der Waals surface area contributed by atoms with E-state index in [1.54, 1.807) is 13.1 Å². The zero-order valence-electron chi connectivity index (χ0n) is 25.7. The van der Waals surface area contributed by atoms with Crippen molar-refractivity contribution >= 4 is 27.7 Å². The van der Waals surface area contributed by atoms with Crippen LogP contribution < -0.4 is 11.2 Å². The van der Waals surface area contributed by atoms with Crippen molar-refractivity contribution in [1.82, 2.24) is 24.5 Å². The van der Waals surface area contributed by atoms with E-state index in [4.69, 9.17) is 13.6 Å². The van der Waals surface area contributed by atoms with E-state index in [-0.39, 0.29) is 16.2 Å². The molecule has 0 amide bonds. The van der Waals surface area contributed by atoms with Gasteiger partial charge in [-0.3, -0.25) is 14.3 Å². The van der Waals surface area contributed by atoms with Crippen molar-refractivity contribution in [2.45, 2.75) is 116 Å². The number of nitrogens with zero attached hydrogens (tertiary/aromatic N) is 4. The summed E-state index contributed by atoms with van der Waals surface area (Å²) in [7, 11) is -4.63. The maximum Gasteiger partial charge on any atom is 0.330 e. The first-order chi connectivity index (χ1) is 18.3. The van der Waals surface area contributed by atoms with Gasteiger partial charge in [0.25, 0.3) is 5.56 Å². The van der Waals surface area contributed by atoms with E-state index in [9.17, 15) is 9.59 Å². The minimum Gasteiger partial charge on any atom is -0.411 e. The van der Waals surface area contributed by atoms with Crippen LogP contribution in [0.1, 0.15) is 66.0 Å². The Labute approximate surface area is 238 Å². The molecule has 1 aromatic carbocycles. The van der Waals surface area contributed by atoms with Gasteiger partial charge in [-0.1, -0.05) is 58.9 Å². The summed E-state index contributed by atoms with van der Waals surface area (Å²) < 4.78 is 24.1. The summed E-state index contributed by atoms with van der Waals surface area (Å²) in [6.45, 7) is 23.7. The molecule has 3 aromatic rings. The summed E-state index contributed by atoms with van der Waals surface area (Å²) >= 11 is 0. The number of rotatable bonds is 7. The molecular weight excluding hydrogens is 543 g/mol. The molecule has 4 rings (SSSR count). The molecule has 0 aliphatic carbocycles. The van der Waals surface area contributed by atoms with Gasteiger partial charge >= 0.3 is 5.69 Å². The van der Waals surface area contributed by atoms with Crippen LogP contribution in [-0.4, -0.2) is 53.4 Å². The van der Waals surface area contributed by atoms with E-state index in [0.29, 0.717) is 12.0 Å². The van der Waals surface area contributed by atoms with Gasteiger partial charge in [0.15, 0.2) is 22.9 Å². The summed E-state index contributed by atoms with van der Waals surface area (Å²) in [5.41, 5.74) is 1.11. The molecule has 2 aromatic heterocycles. The average molecular weight is 588 g/mol. The number of aryl methyl sites for hydroxylation is 1. The molecule has 4 atom stereocenters. The second-order valence-corrected chi connectivity index (χ2v) is 23.5. The third-order valence-corrected chi connectivity index (χ3v) is 17.9. The van der Waals surface area contributed by atoms with Crippen LogP contribution in [0, 0.1) is 6.92 Å². The average Bonchev–Trinajstić information content (AvgIpc) is 3.42. The number of benzene rings is 1. The van der Waals surface area contributed by atoms with Gasteiger partial charge in [-0.2, -0.15) is 0 Å². The number of para-hydroxylation sites is 1. The first-order valence-electron chi connectivity index (χ1n) is 14.0. The molecule has 1 fully saturated rings. The molecule has 220 valence electrons. The highest BCUT2D eigenvalue weighted by Crippen LogP contribution is 2.46. The third-order valence-electron chi connectivity index (χ3n) is 8.94. The second kappa shape index (κ2) is 10.5. The normalized spacial score (nSPS) is 21.7. The number of fused-ring (bicyclic) bond motifs is 1. The number of H-pyrrole nitrogens is 1. The summed E-state index contributed by atoms with van der Waals surface area (Å²) in [6.07, 6.45) is -0.283. The number of aromatic amines is 1. The third kappa shape index (κ3) is 5.82. The summed E-state index contributed by atoms with van der Waals surface area (Å²) in [6, 6.07) is 7.79. The van der Waals surface area contributed by atoms with Crippen molar-refractivity contribution in [3.05, 3.63) is 56.9 Å². The number of ether oxygens (including phenoxy) is 1. The van der Waals surface area contributed by atoms with Crippen molar-refractivity contribution in [2.24, 2.45) is 0 Å². The van der Waals surface area contributed by atoms with Crippen LogP contribution in [0.5, 0.6) is 0 Å². The van der Waals surface area contributed by atoms with Gasteiger partial charge < -0.3 is 13.6 Å². The molecule has 1 unspecified atom stereocenters. The highest BCUT2D eigenvalue weighted by Gasteiger charge is 2.51. The molecular formula is C28H45N5O5Si2. The Bertz CT molecular complexity index is 1480. The zero-order chi connectivity index (χ0) is 29.8. The lowest BCUT2D eigenvalue weighted by Gasteiger charge is -2.43. The van der Waals surface area contributed by atoms with E-state index in [0.717, 1.165) is 11.0 Å². The van der Waals surface area contributed by atoms with E-state index in [2.05, 4.69) is 83.0 Å². The lowest BCUT2D eigenvalue weighted by Crippen LogP contribution is -2.50. The van der Waals surface area contributed by atoms with Gasteiger partial charge in [-0.05, 0) is 55.3 Å². The Morgan fingerprint density at radius 1 is 1.02 bits per heavy atom. The van der Waals surface area contributed by atoms with Crippen LogP contribution in [0.2, 0.25) is 36.3 Å². The monoisotopic (exact) mass is 587 g/mol. The van der Waals surface area contributed by atoms with E-state index in [1.165, 1.54) is 4.57 Å². The molecule has 40 heavy (non-hydrogen) atoms. The van der Waals surface area contributed by atoms with Crippen molar-refractivity contribution in [2.75, 3.05) is 0 Å². The van der Waals surface area contributed by atoms with E-state index >= 15 is 0 Å². The molecule has 1 aliphatic rings. The first kappa shape index (κ1) is 30.6. The van der Waals surface area contributed by atoms with Gasteiger partial charge in [-0.25, -0.2) is 9.48 Å². The fourth-order valence-electron chi connectivity index (χ4n) is 4.37. The number of hydrogen-bond donors (Lipinski definition) is 1. The molecule has 0 spiro atoms. The molecule has 1 saturated heterocycles. The largest absolute Gasteiger partial charge is 0.411 e. The Kier molecular flexibility index (Phi) is 8.00. The lowest BCUT2D eigenvalue weighted by molar-refractivity contribution is -0.105. The first-order valence-corrected chi connectivity index (χ1v) is 19.8. The minimum absolute atomic E-state index is 0.0449. The standard InChI is InChI=1S/C28H45N5O5Si2/c1-18-17-32(26(35)29-24(18)34)22-16-21(37-39(8,9)27(2,3)4)23(36-22)25(38-40(10,11)28(5,6)7)33-20-15-13-12-14-19(20)30-31-33/h12-15,17,21-23,25H,16H2,1-11H3,(H,29,34,35)/t21-,22+,23-,25?/m0/s1. The van der Waals surface area contributed by atoms with Crippen molar-refractivity contribution in [3.63, 3.8) is 0 Å². The maximum atomic E-state index is 12.9. The quantitative estimate of drug-likeness (QED) is 0.364. The van der Waals surface area contributed by atoms with Crippen molar-refractivity contribution in [3.8, 4) is 0 Å². The van der Waals surface area contributed by atoms with Gasteiger partial charge in [0.1, 0.15) is 17.8 Å². The Morgan fingerprint density at radius 3 is 2.27 bits per heavy atom. The highest BCUT2D eigenvalue weighted by molar-refractivity contribution is 6.74. The van der Waals surface area contributed by atoms with Crippen LogP contribution in [0.4, 0.5) is 0 Å². The van der Waals surface area contributed by atoms with Crippen LogP contribution in [-0.2, 0) is 13.6 Å². The number of nitrogens with one attached hydrogen (secondary N) is 1. The fraction of sp³-hybridized carbons (Fsp3) is 0.643. The highest BCUT2D eigenvalue weighted by atomic mass is 28.4. The molecule has 0 saturated carbocycles. The van der Waals surface area contributed by atoms with E-state index in [1.807, 2.05) is 28.9 Å². The van der Waals surface area contributed by atoms with Crippen LogP contribution >= 0.6 is 0 Å². The Morgan fingerprint density at radius 2 is 1.65 bits per heavy atom. The fourth-order valence-corrected chi connectivity index (χ4v) is 6.90. The zero-order valence-corrected chi connectivity index (χ0v) is 27.7. The van der Waals surface area contributed by atoms with Crippen molar-refractivity contribution in [1.29, 1.82) is 0 Å². The van der Waals surface area contributed by atoms with Gasteiger partial charge in [0.05, 0.1) is 11.6 Å². The second-order valence-electron chi connectivity index (χ2n) is 14.0. The lowest BCUT2D eigenvalue weighted by atomic mass is 10.1. The Hall–Kier alpha value is -2.39. The predicted octanol–water partition coefficient (Wildman–Crippen LogP) is 5.49. The van der Waals surface area contributed by atoms with Gasteiger partial charge in [0.2, 0.25) is 0 Å². The summed E-state index contributed by atoms with van der Waals surface area (Å²) in [5.74, 6) is 0. The van der Waals surface area contributed by atoms with Crippen LogP contribution in [0.25, 0.3) is 11.0 Å². The Balaban J connectivity index is 1.86.